The van der Waals surface area contributed by atoms with Gasteiger partial charge < -0.3 is 14.6 Å². The van der Waals surface area contributed by atoms with Crippen LogP contribution in [0.3, 0.4) is 0 Å². The molecule has 108 valence electrons. The molecule has 1 aliphatic carbocycles. The van der Waals surface area contributed by atoms with Crippen LogP contribution >= 0.6 is 0 Å². The maximum absolute atomic E-state index is 4.59. The fraction of sp³-hybridized carbons (Fsp3) is 0.562. The van der Waals surface area contributed by atoms with E-state index in [9.17, 15) is 0 Å². The van der Waals surface area contributed by atoms with Crippen LogP contribution in [0.2, 0.25) is 0 Å². The molecule has 1 fully saturated rings. The zero-order valence-electron chi connectivity index (χ0n) is 12.3. The molecular formula is C16H24N4. The Hall–Kier alpha value is -1.39. The molecule has 0 aliphatic heterocycles. The summed E-state index contributed by atoms with van der Waals surface area (Å²) < 4.78 is 2.07. The fourth-order valence-electron chi connectivity index (χ4n) is 3.07. The number of pyridine rings is 1. The zero-order chi connectivity index (χ0) is 13.8. The molecule has 4 heteroatoms. The van der Waals surface area contributed by atoms with E-state index in [1.807, 2.05) is 24.4 Å². The van der Waals surface area contributed by atoms with E-state index in [0.29, 0.717) is 0 Å². The van der Waals surface area contributed by atoms with Crippen molar-refractivity contribution in [3.05, 3.63) is 36.3 Å². The summed E-state index contributed by atoms with van der Waals surface area (Å²) in [5.74, 6) is 0. The van der Waals surface area contributed by atoms with Crippen molar-refractivity contribution in [1.82, 2.24) is 19.6 Å². The Kier molecular flexibility index (Phi) is 4.33. The highest BCUT2D eigenvalue weighted by molar-refractivity contribution is 5.39. The predicted octanol–water partition coefficient (Wildman–Crippen LogP) is 2.30. The monoisotopic (exact) mass is 272 g/mol. The van der Waals surface area contributed by atoms with Gasteiger partial charge in [0.05, 0.1) is 5.69 Å². The lowest BCUT2D eigenvalue weighted by atomic mass is 10.2. The molecule has 0 spiro atoms. The van der Waals surface area contributed by atoms with E-state index in [-0.39, 0.29) is 0 Å². The minimum atomic E-state index is 0.812. The first-order valence-corrected chi connectivity index (χ1v) is 7.66. The van der Waals surface area contributed by atoms with Crippen LogP contribution < -0.4 is 5.32 Å². The van der Waals surface area contributed by atoms with Crippen LogP contribution in [0.15, 0.2) is 30.6 Å². The van der Waals surface area contributed by atoms with Crippen molar-refractivity contribution < 1.29 is 0 Å². The molecule has 1 N–H and O–H groups in total. The Labute approximate surface area is 120 Å². The van der Waals surface area contributed by atoms with Gasteiger partial charge in [0.25, 0.3) is 0 Å². The Bertz CT molecular complexity index is 509. The van der Waals surface area contributed by atoms with Crippen molar-refractivity contribution in [2.75, 3.05) is 20.1 Å². The van der Waals surface area contributed by atoms with Gasteiger partial charge in [0.15, 0.2) is 0 Å². The fourth-order valence-corrected chi connectivity index (χ4v) is 3.07. The highest BCUT2D eigenvalue weighted by Gasteiger charge is 2.18. The summed E-state index contributed by atoms with van der Waals surface area (Å²) in [4.78, 5) is 7.10. The van der Waals surface area contributed by atoms with Crippen molar-refractivity contribution >= 4 is 5.65 Å². The number of fused-ring (bicyclic) bond motifs is 1. The summed E-state index contributed by atoms with van der Waals surface area (Å²) >= 11 is 0. The molecule has 0 amide bonds. The van der Waals surface area contributed by atoms with E-state index in [1.165, 1.54) is 25.7 Å². The predicted molar refractivity (Wildman–Crippen MR) is 81.8 cm³/mol. The van der Waals surface area contributed by atoms with Gasteiger partial charge in [-0.2, -0.15) is 0 Å². The third-order valence-electron chi connectivity index (χ3n) is 4.31. The van der Waals surface area contributed by atoms with E-state index in [0.717, 1.165) is 37.0 Å². The van der Waals surface area contributed by atoms with Crippen LogP contribution in [-0.4, -0.2) is 40.5 Å². The van der Waals surface area contributed by atoms with Crippen LogP contribution in [0.25, 0.3) is 5.65 Å². The summed E-state index contributed by atoms with van der Waals surface area (Å²) in [6.07, 6.45) is 9.71. The number of nitrogens with one attached hydrogen (secondary N) is 1. The molecule has 0 unspecified atom stereocenters. The molecule has 1 aliphatic rings. The number of hydrogen-bond donors (Lipinski definition) is 1. The molecule has 0 bridgehead atoms. The molecule has 3 rings (SSSR count). The lowest BCUT2D eigenvalue weighted by Gasteiger charge is -2.23. The lowest BCUT2D eigenvalue weighted by Crippen LogP contribution is -2.35. The number of hydrogen-bond acceptors (Lipinski definition) is 3. The summed E-state index contributed by atoms with van der Waals surface area (Å²) in [5.41, 5.74) is 2.13. The van der Waals surface area contributed by atoms with Gasteiger partial charge in [-0.1, -0.05) is 18.9 Å². The van der Waals surface area contributed by atoms with Gasteiger partial charge in [-0.3, -0.25) is 0 Å². The second-order valence-electron chi connectivity index (χ2n) is 5.79. The number of aromatic nitrogens is 2. The minimum Gasteiger partial charge on any atom is -0.310 e. The molecule has 1 saturated carbocycles. The Balaban J connectivity index is 1.43. The van der Waals surface area contributed by atoms with E-state index in [2.05, 4.69) is 32.8 Å². The Morgan fingerprint density at radius 3 is 3.00 bits per heavy atom. The van der Waals surface area contributed by atoms with Crippen LogP contribution in [0.1, 0.15) is 31.4 Å². The lowest BCUT2D eigenvalue weighted by molar-refractivity contribution is 0.245. The molecule has 0 aromatic carbocycles. The standard InChI is InChI=1S/C16H24N4/c1-19(15-6-2-3-7-15)11-9-17-12-14-13-20-10-5-4-8-16(20)18-14/h4-5,8,10,13,15,17H,2-3,6-7,9,11-12H2,1H3. The van der Waals surface area contributed by atoms with Gasteiger partial charge in [0.1, 0.15) is 5.65 Å². The first kappa shape index (κ1) is 13.6. The quantitative estimate of drug-likeness (QED) is 0.819. The summed E-state index contributed by atoms with van der Waals surface area (Å²) in [6.45, 7) is 3.00. The maximum Gasteiger partial charge on any atom is 0.137 e. The normalized spacial score (nSPS) is 16.5. The molecule has 4 nitrogen and oxygen atoms in total. The molecular weight excluding hydrogens is 248 g/mol. The SMILES string of the molecule is CN(CCNCc1cn2ccccc2n1)C1CCCC1. The topological polar surface area (TPSA) is 32.6 Å². The number of imidazole rings is 1. The first-order valence-electron chi connectivity index (χ1n) is 7.66. The van der Waals surface area contributed by atoms with Gasteiger partial charge >= 0.3 is 0 Å². The van der Waals surface area contributed by atoms with E-state index < -0.39 is 0 Å². The second-order valence-corrected chi connectivity index (χ2v) is 5.79. The van der Waals surface area contributed by atoms with Gasteiger partial charge in [-0.15, -0.1) is 0 Å². The average molecular weight is 272 g/mol. The van der Waals surface area contributed by atoms with Crippen LogP contribution in [-0.2, 0) is 6.54 Å². The minimum absolute atomic E-state index is 0.812. The van der Waals surface area contributed by atoms with Crippen LogP contribution in [0, 0.1) is 0 Å². The zero-order valence-corrected chi connectivity index (χ0v) is 12.3. The van der Waals surface area contributed by atoms with Crippen LogP contribution in [0.5, 0.6) is 0 Å². The molecule has 2 aromatic rings. The summed E-state index contributed by atoms with van der Waals surface area (Å²) in [5, 5.41) is 3.50. The van der Waals surface area contributed by atoms with Gasteiger partial charge in [0, 0.05) is 38.1 Å². The Morgan fingerprint density at radius 2 is 2.20 bits per heavy atom. The Morgan fingerprint density at radius 1 is 1.35 bits per heavy atom. The molecule has 2 heterocycles. The largest absolute Gasteiger partial charge is 0.310 e. The van der Waals surface area contributed by atoms with Crippen molar-refractivity contribution in [3.63, 3.8) is 0 Å². The van der Waals surface area contributed by atoms with Gasteiger partial charge in [0.2, 0.25) is 0 Å². The summed E-state index contributed by atoms with van der Waals surface area (Å²) in [7, 11) is 2.25. The first-order chi connectivity index (χ1) is 9.83. The third kappa shape index (κ3) is 3.19. The second kappa shape index (κ2) is 6.37. The van der Waals surface area contributed by atoms with Gasteiger partial charge in [-0.25, -0.2) is 4.98 Å². The van der Waals surface area contributed by atoms with Crippen molar-refractivity contribution in [2.45, 2.75) is 38.3 Å². The highest BCUT2D eigenvalue weighted by atomic mass is 15.1. The molecule has 2 aromatic heterocycles. The van der Waals surface area contributed by atoms with E-state index >= 15 is 0 Å². The average Bonchev–Trinajstić information content (AvgIpc) is 3.11. The third-order valence-corrected chi connectivity index (χ3v) is 4.31. The number of likely N-dealkylation sites (N-methyl/N-ethyl adjacent to an activating group) is 1. The maximum atomic E-state index is 4.59. The molecule has 0 radical (unpaired) electrons. The smallest absolute Gasteiger partial charge is 0.137 e. The van der Waals surface area contributed by atoms with Gasteiger partial charge in [-0.05, 0) is 32.0 Å². The highest BCUT2D eigenvalue weighted by Crippen LogP contribution is 2.21. The van der Waals surface area contributed by atoms with Crippen molar-refractivity contribution in [3.8, 4) is 0 Å². The van der Waals surface area contributed by atoms with E-state index in [1.54, 1.807) is 0 Å². The number of nitrogens with zero attached hydrogens (tertiary/aromatic N) is 3. The van der Waals surface area contributed by atoms with Crippen molar-refractivity contribution in [2.24, 2.45) is 0 Å². The van der Waals surface area contributed by atoms with Crippen molar-refractivity contribution in [1.29, 1.82) is 0 Å². The molecule has 0 saturated heterocycles. The summed E-state index contributed by atoms with van der Waals surface area (Å²) in [6, 6.07) is 6.91. The molecule has 0 atom stereocenters. The van der Waals surface area contributed by atoms with Crippen LogP contribution in [0.4, 0.5) is 0 Å². The number of rotatable bonds is 6. The molecule has 20 heavy (non-hydrogen) atoms. The van der Waals surface area contributed by atoms with E-state index in [4.69, 9.17) is 0 Å².